The van der Waals surface area contributed by atoms with Crippen molar-refractivity contribution in [3.8, 4) is 5.75 Å². The van der Waals surface area contributed by atoms with Crippen molar-refractivity contribution in [2.45, 2.75) is 26.2 Å². The minimum atomic E-state index is 0.264. The van der Waals surface area contributed by atoms with Gasteiger partial charge in [0.05, 0.1) is 38.1 Å². The topological polar surface area (TPSA) is 53.9 Å². The van der Waals surface area contributed by atoms with Crippen LogP contribution < -0.4 is 15.5 Å². The molecule has 0 aliphatic heterocycles. The quantitative estimate of drug-likeness (QED) is 0.375. The summed E-state index contributed by atoms with van der Waals surface area (Å²) in [6.45, 7) is 5.46. The lowest BCUT2D eigenvalue weighted by Crippen LogP contribution is -3.09. The predicted molar refractivity (Wildman–Crippen MR) is 81.9 cm³/mol. The van der Waals surface area contributed by atoms with E-state index in [4.69, 9.17) is 5.73 Å². The van der Waals surface area contributed by atoms with Crippen LogP contribution in [-0.4, -0.2) is 38.8 Å². The van der Waals surface area contributed by atoms with E-state index in [1.807, 2.05) is 7.05 Å². The van der Waals surface area contributed by atoms with Gasteiger partial charge in [0, 0.05) is 13.1 Å². The largest absolute Gasteiger partial charge is 0.508 e. The van der Waals surface area contributed by atoms with E-state index in [1.54, 1.807) is 23.1 Å². The third-order valence-corrected chi connectivity index (χ3v) is 3.51. The number of hydrogen-bond donors (Lipinski definition) is 3. The molecule has 0 fully saturated rings. The number of quaternary nitrogens is 1. The first kappa shape index (κ1) is 15.6. The zero-order chi connectivity index (χ0) is 14.3. The van der Waals surface area contributed by atoms with Crippen LogP contribution in [0.4, 0.5) is 11.4 Å². The van der Waals surface area contributed by atoms with E-state index in [9.17, 15) is 5.11 Å². The maximum atomic E-state index is 9.52. The summed E-state index contributed by atoms with van der Waals surface area (Å²) in [5.41, 5.74) is 7.55. The summed E-state index contributed by atoms with van der Waals surface area (Å²) in [6, 6.07) is 5.09. The number of nitrogens with two attached hydrogens (primary N) is 1. The number of nitrogens with one attached hydrogen (secondary N) is 1. The summed E-state index contributed by atoms with van der Waals surface area (Å²) < 4.78 is 0. The van der Waals surface area contributed by atoms with Crippen LogP contribution in [0.15, 0.2) is 18.2 Å². The molecule has 0 saturated carbocycles. The first-order valence-corrected chi connectivity index (χ1v) is 7.15. The third kappa shape index (κ3) is 5.39. The number of rotatable bonds is 8. The molecule has 1 atom stereocenters. The molecule has 0 aliphatic carbocycles. The highest BCUT2D eigenvalue weighted by Gasteiger charge is 2.09. The van der Waals surface area contributed by atoms with Gasteiger partial charge in [-0.3, -0.25) is 0 Å². The first-order valence-electron chi connectivity index (χ1n) is 7.15. The maximum Gasteiger partial charge on any atom is 0.117 e. The highest BCUT2D eigenvalue weighted by atomic mass is 16.3. The Morgan fingerprint density at radius 2 is 2.00 bits per heavy atom. The van der Waals surface area contributed by atoms with Gasteiger partial charge in [-0.15, -0.1) is 0 Å². The van der Waals surface area contributed by atoms with Crippen molar-refractivity contribution in [2.75, 3.05) is 44.4 Å². The van der Waals surface area contributed by atoms with Gasteiger partial charge in [0.2, 0.25) is 0 Å². The fourth-order valence-corrected chi connectivity index (χ4v) is 2.14. The number of benzene rings is 1. The molecule has 19 heavy (non-hydrogen) atoms. The van der Waals surface area contributed by atoms with E-state index in [0.29, 0.717) is 5.69 Å². The number of anilines is 2. The van der Waals surface area contributed by atoms with Crippen LogP contribution in [0.3, 0.4) is 0 Å². The van der Waals surface area contributed by atoms with E-state index in [2.05, 4.69) is 18.9 Å². The molecule has 4 heteroatoms. The molecular formula is C15H28N3O+. The number of unbranched alkanes of at least 4 members (excludes halogenated alkanes) is 2. The summed E-state index contributed by atoms with van der Waals surface area (Å²) >= 11 is 0. The molecule has 0 radical (unpaired) electrons. The van der Waals surface area contributed by atoms with E-state index >= 15 is 0 Å². The van der Waals surface area contributed by atoms with Crippen LogP contribution in [0.2, 0.25) is 0 Å². The first-order chi connectivity index (χ1) is 9.04. The normalized spacial score (nSPS) is 12.4. The van der Waals surface area contributed by atoms with Gasteiger partial charge in [-0.05, 0) is 25.0 Å². The maximum absolute atomic E-state index is 9.52. The van der Waals surface area contributed by atoms with Crippen LogP contribution >= 0.6 is 0 Å². The minimum absolute atomic E-state index is 0.264. The van der Waals surface area contributed by atoms with Gasteiger partial charge in [0.25, 0.3) is 0 Å². The average molecular weight is 266 g/mol. The van der Waals surface area contributed by atoms with Gasteiger partial charge in [0.1, 0.15) is 5.75 Å². The van der Waals surface area contributed by atoms with Gasteiger partial charge in [-0.1, -0.05) is 13.3 Å². The van der Waals surface area contributed by atoms with Crippen molar-refractivity contribution in [3.05, 3.63) is 18.2 Å². The van der Waals surface area contributed by atoms with Crippen molar-refractivity contribution < 1.29 is 10.0 Å². The minimum Gasteiger partial charge on any atom is -0.508 e. The average Bonchev–Trinajstić information content (AvgIpc) is 2.39. The summed E-state index contributed by atoms with van der Waals surface area (Å²) in [5.74, 6) is 0.264. The molecule has 0 spiro atoms. The molecule has 4 nitrogen and oxygen atoms in total. The molecule has 0 aromatic heterocycles. The smallest absolute Gasteiger partial charge is 0.117 e. The molecule has 0 aliphatic rings. The van der Waals surface area contributed by atoms with Crippen molar-refractivity contribution in [3.63, 3.8) is 0 Å². The lowest BCUT2D eigenvalue weighted by Gasteiger charge is -2.23. The summed E-state index contributed by atoms with van der Waals surface area (Å²) in [4.78, 5) is 3.65. The molecule has 4 N–H and O–H groups in total. The number of likely N-dealkylation sites (N-methyl/N-ethyl adjacent to an activating group) is 2. The molecule has 1 aromatic rings. The van der Waals surface area contributed by atoms with Gasteiger partial charge < -0.3 is 20.6 Å². The third-order valence-electron chi connectivity index (χ3n) is 3.51. The van der Waals surface area contributed by atoms with Crippen molar-refractivity contribution in [1.82, 2.24) is 0 Å². The second-order valence-electron chi connectivity index (χ2n) is 5.33. The molecule has 108 valence electrons. The van der Waals surface area contributed by atoms with Gasteiger partial charge in [-0.25, -0.2) is 0 Å². The predicted octanol–water partition coefficient (Wildman–Crippen LogP) is 1.12. The van der Waals surface area contributed by atoms with Crippen molar-refractivity contribution in [2.24, 2.45) is 0 Å². The van der Waals surface area contributed by atoms with Crippen LogP contribution in [0.5, 0.6) is 5.75 Å². The van der Waals surface area contributed by atoms with Gasteiger partial charge >= 0.3 is 0 Å². The number of phenols is 1. The number of hydrogen-bond acceptors (Lipinski definition) is 3. The standard InChI is InChI=1S/C15H27N3O/c1-4-5-6-9-17(2)10-11-18(3)15-12-13(19)7-8-14(15)16/h7-8,12,19H,4-6,9-11,16H2,1-3H3/p+1. The fraction of sp³-hybridized carbons (Fsp3) is 0.600. The van der Waals surface area contributed by atoms with Crippen LogP contribution in [0.25, 0.3) is 0 Å². The Kier molecular flexibility index (Phi) is 6.50. The molecule has 0 heterocycles. The van der Waals surface area contributed by atoms with Crippen LogP contribution in [0, 0.1) is 0 Å². The fourth-order valence-electron chi connectivity index (χ4n) is 2.14. The second-order valence-corrected chi connectivity index (χ2v) is 5.33. The van der Waals surface area contributed by atoms with Crippen LogP contribution in [-0.2, 0) is 0 Å². The van der Waals surface area contributed by atoms with E-state index < -0.39 is 0 Å². The molecule has 0 saturated heterocycles. The molecule has 0 amide bonds. The van der Waals surface area contributed by atoms with Gasteiger partial charge in [-0.2, -0.15) is 0 Å². The highest BCUT2D eigenvalue weighted by molar-refractivity contribution is 5.69. The molecule has 1 rings (SSSR count). The Morgan fingerprint density at radius 3 is 2.68 bits per heavy atom. The number of phenolic OH excluding ortho intramolecular Hbond substituents is 1. The SMILES string of the molecule is CCCCC[NH+](C)CCN(C)c1cc(O)ccc1N. The highest BCUT2D eigenvalue weighted by Crippen LogP contribution is 2.26. The summed E-state index contributed by atoms with van der Waals surface area (Å²) in [5, 5.41) is 9.52. The Balaban J connectivity index is 2.42. The molecule has 1 aromatic carbocycles. The molecular weight excluding hydrogens is 238 g/mol. The lowest BCUT2D eigenvalue weighted by molar-refractivity contribution is -0.878. The Labute approximate surface area is 116 Å². The molecule has 1 unspecified atom stereocenters. The van der Waals surface area contributed by atoms with Crippen molar-refractivity contribution in [1.29, 1.82) is 0 Å². The van der Waals surface area contributed by atoms with Crippen LogP contribution in [0.1, 0.15) is 26.2 Å². The monoisotopic (exact) mass is 266 g/mol. The summed E-state index contributed by atoms with van der Waals surface area (Å²) in [6.07, 6.45) is 3.88. The van der Waals surface area contributed by atoms with E-state index in [0.717, 1.165) is 18.8 Å². The Morgan fingerprint density at radius 1 is 1.26 bits per heavy atom. The number of aromatic hydroxyl groups is 1. The zero-order valence-corrected chi connectivity index (χ0v) is 12.4. The zero-order valence-electron chi connectivity index (χ0n) is 12.4. The lowest BCUT2D eigenvalue weighted by atomic mass is 10.2. The molecule has 0 bridgehead atoms. The Bertz CT molecular complexity index is 382. The Hall–Kier alpha value is -1.42. The number of nitrogens with zero attached hydrogens (tertiary/aromatic N) is 1. The van der Waals surface area contributed by atoms with Gasteiger partial charge in [0.15, 0.2) is 0 Å². The second kappa shape index (κ2) is 7.89. The number of nitrogen functional groups attached to an aromatic ring is 1. The summed E-state index contributed by atoms with van der Waals surface area (Å²) in [7, 11) is 4.25. The van der Waals surface area contributed by atoms with E-state index in [-0.39, 0.29) is 5.75 Å². The van der Waals surface area contributed by atoms with Crippen molar-refractivity contribution >= 4 is 11.4 Å². The van der Waals surface area contributed by atoms with E-state index in [1.165, 1.54) is 25.8 Å².